The van der Waals surface area contributed by atoms with Crippen molar-refractivity contribution in [3.63, 3.8) is 0 Å². The van der Waals surface area contributed by atoms with E-state index in [1.807, 2.05) is 76.9 Å². The highest BCUT2D eigenvalue weighted by Gasteiger charge is 2.16. The third-order valence-corrected chi connectivity index (χ3v) is 6.23. The first kappa shape index (κ1) is 25.2. The number of hydrogen-bond donors (Lipinski definition) is 1. The first-order valence-corrected chi connectivity index (χ1v) is 11.8. The van der Waals surface area contributed by atoms with Crippen molar-refractivity contribution in [3.8, 4) is 11.3 Å². The number of rotatable bonds is 6. The highest BCUT2D eigenvalue weighted by molar-refractivity contribution is 7.13. The van der Waals surface area contributed by atoms with Gasteiger partial charge in [-0.15, -0.1) is 11.3 Å². The molecule has 3 heterocycles. The SMILES string of the molecule is COC(=O)c1ccc(C[n+]2ccc(-c3cc(C(=O)Nc4nccs4)c4ccccc4n3)cc2)cc1.[Br-]. The summed E-state index contributed by atoms with van der Waals surface area (Å²) in [5, 5.41) is 6.02. The minimum atomic E-state index is -0.351. The summed E-state index contributed by atoms with van der Waals surface area (Å²) in [4.78, 5) is 33.6. The molecule has 5 rings (SSSR count). The van der Waals surface area contributed by atoms with Crippen molar-refractivity contribution in [3.05, 3.63) is 107 Å². The monoisotopic (exact) mass is 560 g/mol. The van der Waals surface area contributed by atoms with Gasteiger partial charge in [0.1, 0.15) is 0 Å². The van der Waals surface area contributed by atoms with E-state index in [4.69, 9.17) is 9.72 Å². The lowest BCUT2D eigenvalue weighted by molar-refractivity contribution is -0.688. The first-order chi connectivity index (χ1) is 17.1. The van der Waals surface area contributed by atoms with E-state index < -0.39 is 0 Å². The number of para-hydroxylation sites is 1. The van der Waals surface area contributed by atoms with Gasteiger partial charge in [0.25, 0.3) is 5.91 Å². The summed E-state index contributed by atoms with van der Waals surface area (Å²) >= 11 is 1.37. The second kappa shape index (κ2) is 11.2. The van der Waals surface area contributed by atoms with Gasteiger partial charge in [-0.1, -0.05) is 30.3 Å². The van der Waals surface area contributed by atoms with Crippen LogP contribution in [0.2, 0.25) is 0 Å². The van der Waals surface area contributed by atoms with Crippen LogP contribution in [-0.2, 0) is 11.3 Å². The molecule has 0 fully saturated rings. The molecule has 0 saturated carbocycles. The molecule has 0 bridgehead atoms. The van der Waals surface area contributed by atoms with Crippen LogP contribution < -0.4 is 26.9 Å². The lowest BCUT2D eigenvalue weighted by atomic mass is 10.0. The Morgan fingerprint density at radius 1 is 1.03 bits per heavy atom. The number of carbonyl (C=O) groups is 2. The molecule has 180 valence electrons. The van der Waals surface area contributed by atoms with Gasteiger partial charge in [-0.05, 0) is 24.3 Å². The van der Waals surface area contributed by atoms with Gasteiger partial charge < -0.3 is 21.7 Å². The van der Waals surface area contributed by atoms with Gasteiger partial charge in [0.15, 0.2) is 24.1 Å². The Balaban J connectivity index is 0.00000304. The number of esters is 1. The molecule has 1 amide bonds. The molecular weight excluding hydrogens is 540 g/mol. The molecule has 5 aromatic rings. The van der Waals surface area contributed by atoms with Crippen molar-refractivity contribution in [1.82, 2.24) is 9.97 Å². The fraction of sp³-hybridized carbons (Fsp3) is 0.0741. The molecule has 0 radical (unpaired) electrons. The lowest BCUT2D eigenvalue weighted by Gasteiger charge is -2.09. The van der Waals surface area contributed by atoms with Gasteiger partial charge in [-0.3, -0.25) is 10.1 Å². The maximum atomic E-state index is 13.0. The maximum absolute atomic E-state index is 13.0. The van der Waals surface area contributed by atoms with E-state index in [-0.39, 0.29) is 28.9 Å². The minimum absolute atomic E-state index is 0. The quantitative estimate of drug-likeness (QED) is 0.252. The van der Waals surface area contributed by atoms with Crippen molar-refractivity contribution in [1.29, 1.82) is 0 Å². The Hall–Kier alpha value is -3.95. The summed E-state index contributed by atoms with van der Waals surface area (Å²) in [5.41, 5.74) is 4.48. The van der Waals surface area contributed by atoms with Crippen molar-refractivity contribution in [2.24, 2.45) is 0 Å². The number of anilines is 1. The Morgan fingerprint density at radius 2 is 1.78 bits per heavy atom. The predicted octanol–water partition coefficient (Wildman–Crippen LogP) is 1.74. The summed E-state index contributed by atoms with van der Waals surface area (Å²) < 4.78 is 6.78. The van der Waals surface area contributed by atoms with E-state index in [9.17, 15) is 9.59 Å². The van der Waals surface area contributed by atoms with Gasteiger partial charge in [-0.2, -0.15) is 0 Å². The fourth-order valence-electron chi connectivity index (χ4n) is 3.77. The van der Waals surface area contributed by atoms with E-state index in [2.05, 4.69) is 10.3 Å². The number of aromatic nitrogens is 3. The molecular formula is C27H21BrN4O3S. The zero-order chi connectivity index (χ0) is 24.2. The largest absolute Gasteiger partial charge is 1.00 e. The van der Waals surface area contributed by atoms with Crippen LogP contribution in [0.4, 0.5) is 5.13 Å². The highest BCUT2D eigenvalue weighted by Crippen LogP contribution is 2.25. The van der Waals surface area contributed by atoms with Crippen molar-refractivity contribution >= 4 is 39.2 Å². The normalized spacial score (nSPS) is 10.5. The third kappa shape index (κ3) is 5.48. The standard InChI is InChI=1S/C27H20N4O3S.BrH/c1-34-26(33)20-8-6-18(7-9-20)17-31-13-10-19(11-14-31)24-16-22(21-4-2-3-5-23(21)29-24)25(32)30-27-28-12-15-35-27;/h2-16H,17H2,1H3;1H. The van der Waals surface area contributed by atoms with Crippen molar-refractivity contribution < 1.29 is 35.9 Å². The van der Waals surface area contributed by atoms with E-state index >= 15 is 0 Å². The molecule has 36 heavy (non-hydrogen) atoms. The van der Waals surface area contributed by atoms with Crippen molar-refractivity contribution in [2.45, 2.75) is 6.54 Å². The Bertz CT molecular complexity index is 1510. The predicted molar refractivity (Wildman–Crippen MR) is 134 cm³/mol. The lowest BCUT2D eigenvalue weighted by Crippen LogP contribution is -3.00. The topological polar surface area (TPSA) is 85.1 Å². The summed E-state index contributed by atoms with van der Waals surface area (Å²) in [7, 11) is 1.37. The van der Waals surface area contributed by atoms with E-state index in [0.29, 0.717) is 28.5 Å². The Kier molecular flexibility index (Phi) is 7.82. The minimum Gasteiger partial charge on any atom is -1.00 e. The molecule has 9 heteroatoms. The second-order valence-electron chi connectivity index (χ2n) is 7.81. The van der Waals surface area contributed by atoms with Crippen LogP contribution >= 0.6 is 11.3 Å². The number of thiazole rings is 1. The molecule has 0 saturated heterocycles. The molecule has 3 aromatic heterocycles. The molecule has 7 nitrogen and oxygen atoms in total. The van der Waals surface area contributed by atoms with Crippen LogP contribution in [0.1, 0.15) is 26.3 Å². The average Bonchev–Trinajstić information content (AvgIpc) is 3.41. The molecule has 1 N–H and O–H groups in total. The molecule has 2 aromatic carbocycles. The maximum Gasteiger partial charge on any atom is 0.337 e. The number of fused-ring (bicyclic) bond motifs is 1. The van der Waals surface area contributed by atoms with E-state index in [1.165, 1.54) is 18.4 Å². The number of halogens is 1. The molecule has 0 unspecified atom stereocenters. The molecule has 0 aliphatic carbocycles. The Morgan fingerprint density at radius 3 is 2.47 bits per heavy atom. The average molecular weight is 561 g/mol. The number of amides is 1. The number of benzene rings is 2. The number of hydrogen-bond acceptors (Lipinski definition) is 6. The van der Waals surface area contributed by atoms with Crippen LogP contribution in [0.5, 0.6) is 0 Å². The summed E-state index contributed by atoms with van der Waals surface area (Å²) in [6, 6.07) is 20.7. The zero-order valence-electron chi connectivity index (χ0n) is 19.2. The summed E-state index contributed by atoms with van der Waals surface area (Å²) in [6.07, 6.45) is 5.59. The third-order valence-electron chi connectivity index (χ3n) is 5.54. The zero-order valence-corrected chi connectivity index (χ0v) is 21.6. The number of methoxy groups -OCH3 is 1. The van der Waals surface area contributed by atoms with Crippen molar-refractivity contribution in [2.75, 3.05) is 12.4 Å². The number of nitrogens with one attached hydrogen (secondary N) is 1. The van der Waals surface area contributed by atoms with Crippen LogP contribution in [0.15, 0.2) is 90.7 Å². The second-order valence-corrected chi connectivity index (χ2v) is 8.71. The van der Waals surface area contributed by atoms with Gasteiger partial charge in [0.05, 0.1) is 29.4 Å². The summed E-state index contributed by atoms with van der Waals surface area (Å²) in [6.45, 7) is 0.647. The van der Waals surface area contributed by atoms with Gasteiger partial charge in [0.2, 0.25) is 0 Å². The van der Waals surface area contributed by atoms with Crippen LogP contribution in [-0.4, -0.2) is 29.0 Å². The fourth-order valence-corrected chi connectivity index (χ4v) is 4.29. The molecule has 0 spiro atoms. The molecule has 0 aliphatic rings. The smallest absolute Gasteiger partial charge is 0.337 e. The van der Waals surface area contributed by atoms with Crippen LogP contribution in [0, 0.1) is 0 Å². The number of ether oxygens (including phenoxy) is 1. The number of nitrogens with zero attached hydrogens (tertiary/aromatic N) is 3. The van der Waals surface area contributed by atoms with Gasteiger partial charge in [0, 0.05) is 40.2 Å². The Labute approximate surface area is 222 Å². The van der Waals surface area contributed by atoms with E-state index in [1.54, 1.807) is 18.3 Å². The number of pyridine rings is 2. The molecule has 0 aliphatic heterocycles. The van der Waals surface area contributed by atoms with Gasteiger partial charge >= 0.3 is 5.97 Å². The highest BCUT2D eigenvalue weighted by atomic mass is 79.9. The van der Waals surface area contributed by atoms with Crippen LogP contribution in [0.25, 0.3) is 22.2 Å². The van der Waals surface area contributed by atoms with Gasteiger partial charge in [-0.25, -0.2) is 19.3 Å². The summed E-state index contributed by atoms with van der Waals surface area (Å²) in [5.74, 6) is -0.572. The van der Waals surface area contributed by atoms with E-state index in [0.717, 1.165) is 22.0 Å². The first-order valence-electron chi connectivity index (χ1n) is 10.9. The van der Waals surface area contributed by atoms with Crippen LogP contribution in [0.3, 0.4) is 0 Å². The number of carbonyl (C=O) groups excluding carboxylic acids is 2. The molecule has 0 atom stereocenters.